The summed E-state index contributed by atoms with van der Waals surface area (Å²) in [5, 5.41) is 9.57. The Morgan fingerprint density at radius 1 is 1.30 bits per heavy atom. The summed E-state index contributed by atoms with van der Waals surface area (Å²) in [5.41, 5.74) is 0.485. The van der Waals surface area contributed by atoms with Gasteiger partial charge in [-0.15, -0.1) is 24.0 Å². The number of hydrogen-bond acceptors (Lipinski definition) is 2. The fourth-order valence-electron chi connectivity index (χ4n) is 2.43. The number of halogens is 3. The Kier molecular flexibility index (Phi) is 11.9. The number of guanidine groups is 1. The van der Waals surface area contributed by atoms with Crippen LogP contribution in [0.3, 0.4) is 0 Å². The molecule has 0 bridgehead atoms. The average molecular weight is 513 g/mol. The van der Waals surface area contributed by atoms with Crippen molar-refractivity contribution in [3.05, 3.63) is 34.6 Å². The number of amides is 1. The van der Waals surface area contributed by atoms with E-state index in [9.17, 15) is 9.18 Å². The molecule has 8 heteroatoms. The lowest BCUT2D eigenvalue weighted by Crippen LogP contribution is -2.40. The van der Waals surface area contributed by atoms with E-state index in [2.05, 4.69) is 20.9 Å². The summed E-state index contributed by atoms with van der Waals surface area (Å²) >= 11 is 6.19. The summed E-state index contributed by atoms with van der Waals surface area (Å²) in [7, 11) is 0. The van der Waals surface area contributed by atoms with Crippen molar-refractivity contribution in [1.29, 1.82) is 0 Å². The normalized spacial score (nSPS) is 11.8. The largest absolute Gasteiger partial charge is 0.357 e. The topological polar surface area (TPSA) is 65.5 Å². The maximum absolute atomic E-state index is 13.3. The molecule has 0 saturated carbocycles. The molecule has 1 aromatic carbocycles. The van der Waals surface area contributed by atoms with Gasteiger partial charge in [0.15, 0.2) is 5.96 Å². The Labute approximate surface area is 183 Å². The van der Waals surface area contributed by atoms with Gasteiger partial charge in [0.1, 0.15) is 5.82 Å². The Hall–Kier alpha value is -1.09. The Morgan fingerprint density at radius 2 is 1.96 bits per heavy atom. The molecule has 0 radical (unpaired) electrons. The highest BCUT2D eigenvalue weighted by Crippen LogP contribution is 2.30. The van der Waals surface area contributed by atoms with E-state index in [1.807, 2.05) is 34.6 Å². The van der Waals surface area contributed by atoms with E-state index < -0.39 is 0 Å². The van der Waals surface area contributed by atoms with Gasteiger partial charge in [-0.05, 0) is 38.5 Å². The van der Waals surface area contributed by atoms with Crippen LogP contribution in [0.4, 0.5) is 4.39 Å². The summed E-state index contributed by atoms with van der Waals surface area (Å²) in [4.78, 5) is 16.3. The average Bonchev–Trinajstić information content (AvgIpc) is 2.51. The van der Waals surface area contributed by atoms with Crippen molar-refractivity contribution in [3.63, 3.8) is 0 Å². The molecule has 1 rings (SSSR count). The van der Waals surface area contributed by atoms with Crippen molar-refractivity contribution in [2.24, 2.45) is 4.99 Å². The number of nitrogens with one attached hydrogen (secondary N) is 3. The van der Waals surface area contributed by atoms with Crippen molar-refractivity contribution in [2.45, 2.75) is 52.5 Å². The van der Waals surface area contributed by atoms with Crippen LogP contribution in [0, 0.1) is 5.82 Å². The highest BCUT2D eigenvalue weighted by molar-refractivity contribution is 14.0. The zero-order valence-electron chi connectivity index (χ0n) is 16.7. The molecular formula is C19H31ClFIN4O. The maximum Gasteiger partial charge on any atom is 0.221 e. The molecule has 0 heterocycles. The third-order valence-electron chi connectivity index (χ3n) is 3.73. The quantitative estimate of drug-likeness (QED) is 0.282. The van der Waals surface area contributed by atoms with E-state index in [1.165, 1.54) is 12.1 Å². The van der Waals surface area contributed by atoms with E-state index in [1.54, 1.807) is 6.07 Å². The van der Waals surface area contributed by atoms with Crippen LogP contribution in [0.25, 0.3) is 0 Å². The van der Waals surface area contributed by atoms with E-state index in [-0.39, 0.29) is 47.2 Å². The van der Waals surface area contributed by atoms with Gasteiger partial charge in [-0.25, -0.2) is 4.39 Å². The first kappa shape index (κ1) is 25.9. The van der Waals surface area contributed by atoms with Crippen LogP contribution in [0.15, 0.2) is 23.2 Å². The van der Waals surface area contributed by atoms with Gasteiger partial charge >= 0.3 is 0 Å². The minimum atomic E-state index is -0.359. The molecule has 0 aliphatic heterocycles. The van der Waals surface area contributed by atoms with Crippen molar-refractivity contribution in [3.8, 4) is 0 Å². The second-order valence-electron chi connectivity index (χ2n) is 7.10. The third kappa shape index (κ3) is 9.60. The summed E-state index contributed by atoms with van der Waals surface area (Å²) in [5.74, 6) is 0.283. The number of nitrogens with zero attached hydrogens (tertiary/aromatic N) is 1. The zero-order valence-corrected chi connectivity index (χ0v) is 19.7. The second-order valence-corrected chi connectivity index (χ2v) is 7.51. The van der Waals surface area contributed by atoms with Gasteiger partial charge < -0.3 is 16.0 Å². The molecule has 0 atom stereocenters. The molecule has 1 amide bonds. The Balaban J connectivity index is 0.00000676. The lowest BCUT2D eigenvalue weighted by molar-refractivity contribution is -0.121. The van der Waals surface area contributed by atoms with Gasteiger partial charge in [-0.3, -0.25) is 9.79 Å². The number of benzene rings is 1. The molecule has 0 aliphatic rings. The van der Waals surface area contributed by atoms with E-state index in [4.69, 9.17) is 11.6 Å². The van der Waals surface area contributed by atoms with Gasteiger partial charge in [0.2, 0.25) is 5.91 Å². The second kappa shape index (κ2) is 12.4. The molecule has 0 aromatic heterocycles. The van der Waals surface area contributed by atoms with Gasteiger partial charge in [0.05, 0.1) is 6.54 Å². The van der Waals surface area contributed by atoms with Crippen LogP contribution in [-0.4, -0.2) is 37.5 Å². The van der Waals surface area contributed by atoms with Crippen LogP contribution in [-0.2, 0) is 10.2 Å². The van der Waals surface area contributed by atoms with E-state index in [0.717, 1.165) is 5.56 Å². The minimum Gasteiger partial charge on any atom is -0.357 e. The lowest BCUT2D eigenvalue weighted by Gasteiger charge is -2.25. The number of carbonyl (C=O) groups is 1. The van der Waals surface area contributed by atoms with Crippen LogP contribution in [0.1, 0.15) is 46.6 Å². The van der Waals surface area contributed by atoms with Crippen molar-refractivity contribution >= 4 is 47.4 Å². The number of carbonyl (C=O) groups excluding carboxylic acids is 1. The molecular weight excluding hydrogens is 482 g/mol. The highest BCUT2D eigenvalue weighted by Gasteiger charge is 2.23. The lowest BCUT2D eigenvalue weighted by atomic mass is 9.84. The van der Waals surface area contributed by atoms with Crippen molar-refractivity contribution in [1.82, 2.24) is 16.0 Å². The SMILES string of the molecule is CCNC(=NCC(C)(C)c1ccc(F)cc1Cl)NCCC(=O)NC(C)C.I. The molecule has 0 fully saturated rings. The Bertz CT molecular complexity index is 638. The van der Waals surface area contributed by atoms with E-state index in [0.29, 0.717) is 37.0 Å². The predicted octanol–water partition coefficient (Wildman–Crippen LogP) is 3.84. The first-order valence-corrected chi connectivity index (χ1v) is 9.30. The Morgan fingerprint density at radius 3 is 2.52 bits per heavy atom. The fourth-order valence-corrected chi connectivity index (χ4v) is 2.85. The van der Waals surface area contributed by atoms with Gasteiger partial charge in [0, 0.05) is 36.0 Å². The van der Waals surface area contributed by atoms with Crippen molar-refractivity contribution in [2.75, 3.05) is 19.6 Å². The monoisotopic (exact) mass is 512 g/mol. The summed E-state index contributed by atoms with van der Waals surface area (Å²) < 4.78 is 13.3. The predicted molar refractivity (Wildman–Crippen MR) is 122 cm³/mol. The van der Waals surface area contributed by atoms with Gasteiger partial charge in [0.25, 0.3) is 0 Å². The zero-order chi connectivity index (χ0) is 19.7. The molecule has 3 N–H and O–H groups in total. The molecule has 0 unspecified atom stereocenters. The minimum absolute atomic E-state index is 0. The van der Waals surface area contributed by atoms with E-state index >= 15 is 0 Å². The van der Waals surface area contributed by atoms with Crippen LogP contribution in [0.5, 0.6) is 0 Å². The number of hydrogen-bond donors (Lipinski definition) is 3. The molecule has 27 heavy (non-hydrogen) atoms. The standard InChI is InChI=1S/C19H30ClFN4O.HI/c1-6-22-18(23-10-9-17(26)25-13(2)3)24-12-19(4,5)15-8-7-14(21)11-16(15)20;/h7-8,11,13H,6,9-10,12H2,1-5H3,(H,25,26)(H2,22,23,24);1H. The molecule has 0 spiro atoms. The smallest absolute Gasteiger partial charge is 0.221 e. The van der Waals surface area contributed by atoms with Gasteiger partial charge in [-0.2, -0.15) is 0 Å². The third-order valence-corrected chi connectivity index (χ3v) is 4.04. The first-order valence-electron chi connectivity index (χ1n) is 8.92. The number of rotatable bonds is 8. The molecule has 0 aliphatic carbocycles. The molecule has 0 saturated heterocycles. The molecule has 154 valence electrons. The van der Waals surface area contributed by atoms with Crippen LogP contribution in [0.2, 0.25) is 5.02 Å². The highest BCUT2D eigenvalue weighted by atomic mass is 127. The summed E-state index contributed by atoms with van der Waals surface area (Å²) in [6.45, 7) is 11.5. The van der Waals surface area contributed by atoms with Gasteiger partial charge in [-0.1, -0.05) is 31.5 Å². The van der Waals surface area contributed by atoms with Crippen LogP contribution >= 0.6 is 35.6 Å². The number of aliphatic imine (C=N–C) groups is 1. The molecule has 1 aromatic rings. The fraction of sp³-hybridized carbons (Fsp3) is 0.579. The summed E-state index contributed by atoms with van der Waals surface area (Å²) in [6, 6.07) is 4.55. The maximum atomic E-state index is 13.3. The van der Waals surface area contributed by atoms with Crippen molar-refractivity contribution < 1.29 is 9.18 Å². The summed E-state index contributed by atoms with van der Waals surface area (Å²) in [6.07, 6.45) is 0.371. The van der Waals surface area contributed by atoms with Crippen LogP contribution < -0.4 is 16.0 Å². The first-order chi connectivity index (χ1) is 12.2. The molecule has 5 nitrogen and oxygen atoms in total.